The van der Waals surface area contributed by atoms with E-state index in [4.69, 9.17) is 0 Å². The van der Waals surface area contributed by atoms with Gasteiger partial charge in [-0.1, -0.05) is 17.8 Å². The van der Waals surface area contributed by atoms with Crippen molar-refractivity contribution in [3.8, 4) is 0 Å². The third-order valence-corrected chi connectivity index (χ3v) is 5.59. The van der Waals surface area contributed by atoms with E-state index in [1.165, 1.54) is 6.42 Å². The minimum Gasteiger partial charge on any atom is -0.342 e. The second-order valence-corrected chi connectivity index (χ2v) is 6.71. The molecular weight excluding hydrogens is 274 g/mol. The van der Waals surface area contributed by atoms with Crippen LogP contribution in [-0.2, 0) is 4.79 Å². The fourth-order valence-corrected chi connectivity index (χ4v) is 3.99. The first-order valence-electron chi connectivity index (χ1n) is 7.27. The highest BCUT2D eigenvalue weighted by Gasteiger charge is 2.32. The van der Waals surface area contributed by atoms with Crippen LogP contribution in [-0.4, -0.2) is 43.7 Å². The fourth-order valence-electron chi connectivity index (χ4n) is 3.00. The quantitative estimate of drug-likeness (QED) is 0.844. The Morgan fingerprint density at radius 1 is 1.25 bits per heavy atom. The standard InChI is InChI=1S/C13H17N5OS/c19-12(10-2-1-3-10)17-6-4-9(5-7-17)11-16-18-8-14-15-13(18)20-11/h8-10H,1-7H2. The van der Waals surface area contributed by atoms with Gasteiger partial charge < -0.3 is 4.90 Å². The lowest BCUT2D eigenvalue weighted by Gasteiger charge is -2.36. The zero-order valence-corrected chi connectivity index (χ0v) is 12.1. The summed E-state index contributed by atoms with van der Waals surface area (Å²) in [6, 6.07) is 0. The lowest BCUT2D eigenvalue weighted by atomic mass is 9.83. The van der Waals surface area contributed by atoms with Crippen molar-refractivity contribution < 1.29 is 4.79 Å². The Hall–Kier alpha value is -1.50. The molecule has 0 radical (unpaired) electrons. The van der Waals surface area contributed by atoms with Gasteiger partial charge in [0.2, 0.25) is 10.9 Å². The second-order valence-electron chi connectivity index (χ2n) is 5.73. The number of carbonyl (C=O) groups is 1. The summed E-state index contributed by atoms with van der Waals surface area (Å²) in [6.45, 7) is 1.75. The topological polar surface area (TPSA) is 63.4 Å². The number of hydrogen-bond acceptors (Lipinski definition) is 5. The van der Waals surface area contributed by atoms with Crippen LogP contribution in [0.2, 0.25) is 0 Å². The van der Waals surface area contributed by atoms with Gasteiger partial charge in [-0.3, -0.25) is 4.79 Å². The molecule has 6 nitrogen and oxygen atoms in total. The Bertz CT molecular complexity index is 595. The molecule has 0 atom stereocenters. The van der Waals surface area contributed by atoms with Gasteiger partial charge in [0.05, 0.1) is 0 Å². The van der Waals surface area contributed by atoms with Gasteiger partial charge in [-0.05, 0) is 25.7 Å². The molecule has 2 fully saturated rings. The number of piperidine rings is 1. The summed E-state index contributed by atoms with van der Waals surface area (Å²) in [5.74, 6) is 1.17. The average molecular weight is 291 g/mol. The van der Waals surface area contributed by atoms with Gasteiger partial charge in [0, 0.05) is 24.9 Å². The number of hydrogen-bond donors (Lipinski definition) is 0. The van der Waals surface area contributed by atoms with Gasteiger partial charge in [-0.25, -0.2) is 0 Å². The predicted octanol–water partition coefficient (Wildman–Crippen LogP) is 1.69. The summed E-state index contributed by atoms with van der Waals surface area (Å²) >= 11 is 1.62. The zero-order valence-electron chi connectivity index (χ0n) is 11.2. The van der Waals surface area contributed by atoms with E-state index in [1.807, 2.05) is 0 Å². The van der Waals surface area contributed by atoms with Gasteiger partial charge in [0.25, 0.3) is 0 Å². The Kier molecular flexibility index (Phi) is 2.94. The average Bonchev–Trinajstić information content (AvgIpc) is 2.97. The van der Waals surface area contributed by atoms with E-state index in [0.717, 1.165) is 48.7 Å². The highest BCUT2D eigenvalue weighted by molar-refractivity contribution is 7.16. The maximum absolute atomic E-state index is 12.2. The summed E-state index contributed by atoms with van der Waals surface area (Å²) in [4.78, 5) is 15.1. The molecule has 0 bridgehead atoms. The van der Waals surface area contributed by atoms with Crippen molar-refractivity contribution in [1.29, 1.82) is 0 Å². The summed E-state index contributed by atoms with van der Waals surface area (Å²) in [5, 5.41) is 13.5. The maximum Gasteiger partial charge on any atom is 0.234 e. The van der Waals surface area contributed by atoms with Crippen molar-refractivity contribution in [2.75, 3.05) is 13.1 Å². The highest BCUT2D eigenvalue weighted by Crippen LogP contribution is 2.33. The summed E-state index contributed by atoms with van der Waals surface area (Å²) in [6.07, 6.45) is 7.08. The number of fused-ring (bicyclic) bond motifs is 1. The first-order chi connectivity index (χ1) is 9.81. The van der Waals surface area contributed by atoms with Crippen molar-refractivity contribution in [3.63, 3.8) is 0 Å². The largest absolute Gasteiger partial charge is 0.342 e. The molecule has 20 heavy (non-hydrogen) atoms. The molecule has 2 aliphatic rings. The molecule has 7 heteroatoms. The first kappa shape index (κ1) is 12.3. The monoisotopic (exact) mass is 291 g/mol. The number of likely N-dealkylation sites (tertiary alicyclic amines) is 1. The normalized spacial score (nSPS) is 21.3. The van der Waals surface area contributed by atoms with Crippen molar-refractivity contribution in [1.82, 2.24) is 24.7 Å². The molecule has 1 saturated heterocycles. The van der Waals surface area contributed by atoms with E-state index in [2.05, 4.69) is 20.2 Å². The molecule has 1 amide bonds. The van der Waals surface area contributed by atoms with Crippen molar-refractivity contribution in [2.45, 2.75) is 38.0 Å². The van der Waals surface area contributed by atoms with E-state index >= 15 is 0 Å². The van der Waals surface area contributed by atoms with Crippen LogP contribution >= 0.6 is 11.3 Å². The van der Waals surface area contributed by atoms with E-state index in [-0.39, 0.29) is 0 Å². The van der Waals surface area contributed by atoms with Crippen LogP contribution in [0.25, 0.3) is 4.96 Å². The third-order valence-electron chi connectivity index (χ3n) is 4.51. The van der Waals surface area contributed by atoms with Gasteiger partial charge >= 0.3 is 0 Å². The van der Waals surface area contributed by atoms with Crippen LogP contribution in [0.15, 0.2) is 6.33 Å². The molecule has 1 aliphatic heterocycles. The Balaban J connectivity index is 1.41. The van der Waals surface area contributed by atoms with Gasteiger partial charge in [-0.2, -0.15) is 9.61 Å². The minimum absolute atomic E-state index is 0.320. The number of aromatic nitrogens is 4. The Labute approximate surface area is 120 Å². The molecule has 1 saturated carbocycles. The number of amides is 1. The lowest BCUT2D eigenvalue weighted by Crippen LogP contribution is -2.43. The first-order valence-corrected chi connectivity index (χ1v) is 8.08. The number of rotatable bonds is 2. The van der Waals surface area contributed by atoms with Crippen LogP contribution in [0, 0.1) is 5.92 Å². The van der Waals surface area contributed by atoms with Crippen LogP contribution in [0.3, 0.4) is 0 Å². The molecular formula is C13H17N5OS. The third kappa shape index (κ3) is 2.00. The molecule has 3 heterocycles. The number of nitrogens with zero attached hydrogens (tertiary/aromatic N) is 5. The Morgan fingerprint density at radius 3 is 2.70 bits per heavy atom. The van der Waals surface area contributed by atoms with Crippen LogP contribution < -0.4 is 0 Å². The second kappa shape index (κ2) is 4.80. The van der Waals surface area contributed by atoms with Gasteiger partial charge in [-0.15, -0.1) is 10.2 Å². The lowest BCUT2D eigenvalue weighted by molar-refractivity contribution is -0.139. The smallest absolute Gasteiger partial charge is 0.234 e. The van der Waals surface area contributed by atoms with Gasteiger partial charge in [0.15, 0.2) is 0 Å². The fraction of sp³-hybridized carbons (Fsp3) is 0.692. The molecule has 0 aromatic carbocycles. The molecule has 2 aromatic rings. The minimum atomic E-state index is 0.320. The predicted molar refractivity (Wildman–Crippen MR) is 74.6 cm³/mol. The Morgan fingerprint density at radius 2 is 2.05 bits per heavy atom. The number of carbonyl (C=O) groups excluding carboxylic acids is 1. The molecule has 4 rings (SSSR count). The van der Waals surface area contributed by atoms with Crippen LogP contribution in [0.5, 0.6) is 0 Å². The van der Waals surface area contributed by atoms with Gasteiger partial charge in [0.1, 0.15) is 11.3 Å². The summed E-state index contributed by atoms with van der Waals surface area (Å²) < 4.78 is 1.74. The van der Waals surface area contributed by atoms with Crippen molar-refractivity contribution in [3.05, 3.63) is 11.3 Å². The van der Waals surface area contributed by atoms with Crippen molar-refractivity contribution in [2.24, 2.45) is 5.92 Å². The molecule has 2 aromatic heterocycles. The molecule has 0 spiro atoms. The van der Waals surface area contributed by atoms with Crippen LogP contribution in [0.1, 0.15) is 43.0 Å². The van der Waals surface area contributed by atoms with E-state index in [0.29, 0.717) is 17.7 Å². The van der Waals surface area contributed by atoms with Crippen molar-refractivity contribution >= 4 is 22.2 Å². The zero-order chi connectivity index (χ0) is 13.5. The SMILES string of the molecule is O=C(C1CCC1)N1CCC(c2nn3cnnc3s2)CC1. The molecule has 1 aliphatic carbocycles. The summed E-state index contributed by atoms with van der Waals surface area (Å²) in [7, 11) is 0. The van der Waals surface area contributed by atoms with Crippen LogP contribution in [0.4, 0.5) is 0 Å². The molecule has 106 valence electrons. The van der Waals surface area contributed by atoms with E-state index < -0.39 is 0 Å². The molecule has 0 N–H and O–H groups in total. The van der Waals surface area contributed by atoms with E-state index in [1.54, 1.807) is 22.2 Å². The van der Waals surface area contributed by atoms with E-state index in [9.17, 15) is 4.79 Å². The summed E-state index contributed by atoms with van der Waals surface area (Å²) in [5.41, 5.74) is 0. The molecule has 0 unspecified atom stereocenters. The highest BCUT2D eigenvalue weighted by atomic mass is 32.1. The maximum atomic E-state index is 12.2.